The molecule has 0 radical (unpaired) electrons. The van der Waals surface area contributed by atoms with Crippen LogP contribution in [0.4, 0.5) is 5.69 Å². The molecule has 1 N–H and O–H groups in total. The lowest BCUT2D eigenvalue weighted by atomic mass is 10.0. The predicted molar refractivity (Wildman–Crippen MR) is 127 cm³/mol. The first-order valence-electron chi connectivity index (χ1n) is 10.2. The fraction of sp³-hybridized carbons (Fsp3) is 0.240. The Kier molecular flexibility index (Phi) is 7.01. The van der Waals surface area contributed by atoms with Crippen molar-refractivity contribution < 1.29 is 17.9 Å². The van der Waals surface area contributed by atoms with Crippen molar-refractivity contribution in [3.63, 3.8) is 0 Å². The second-order valence-corrected chi connectivity index (χ2v) is 9.85. The zero-order valence-electron chi connectivity index (χ0n) is 19.0. The lowest BCUT2D eigenvalue weighted by Crippen LogP contribution is -2.27. The Morgan fingerprint density at radius 2 is 1.59 bits per heavy atom. The molecule has 0 heterocycles. The maximum atomic E-state index is 13.3. The summed E-state index contributed by atoms with van der Waals surface area (Å²) in [5, 5.41) is 2.92. The zero-order chi connectivity index (χ0) is 23.5. The number of benzene rings is 3. The summed E-state index contributed by atoms with van der Waals surface area (Å²) in [4.78, 5) is 12.9. The molecule has 7 heteroatoms. The van der Waals surface area contributed by atoms with Crippen LogP contribution >= 0.6 is 0 Å². The van der Waals surface area contributed by atoms with E-state index in [9.17, 15) is 13.2 Å². The molecule has 3 aromatic rings. The number of ether oxygens (including phenoxy) is 1. The van der Waals surface area contributed by atoms with Crippen LogP contribution in [0.3, 0.4) is 0 Å². The van der Waals surface area contributed by atoms with Crippen LogP contribution in [0.5, 0.6) is 5.75 Å². The van der Waals surface area contributed by atoms with Gasteiger partial charge in [-0.1, -0.05) is 48.0 Å². The van der Waals surface area contributed by atoms with E-state index in [2.05, 4.69) is 5.32 Å². The number of sulfonamides is 1. The van der Waals surface area contributed by atoms with E-state index in [1.807, 2.05) is 63.2 Å². The van der Waals surface area contributed by atoms with E-state index >= 15 is 0 Å². The van der Waals surface area contributed by atoms with E-state index in [-0.39, 0.29) is 28.7 Å². The number of hydrogen-bond acceptors (Lipinski definition) is 4. The minimum absolute atomic E-state index is 0.0524. The molecule has 0 aliphatic heterocycles. The molecular formula is C25H28N2O4S. The summed E-state index contributed by atoms with van der Waals surface area (Å²) in [7, 11) is -0.988. The fourth-order valence-corrected chi connectivity index (χ4v) is 5.01. The third-order valence-corrected chi connectivity index (χ3v) is 7.10. The summed E-state index contributed by atoms with van der Waals surface area (Å²) < 4.78 is 33.2. The van der Waals surface area contributed by atoms with Crippen molar-refractivity contribution in [2.45, 2.75) is 32.2 Å². The van der Waals surface area contributed by atoms with E-state index in [4.69, 9.17) is 4.74 Å². The van der Waals surface area contributed by atoms with Gasteiger partial charge in [0.25, 0.3) is 5.91 Å². The summed E-state index contributed by atoms with van der Waals surface area (Å²) in [6, 6.07) is 17.7. The Morgan fingerprint density at radius 3 is 2.19 bits per heavy atom. The van der Waals surface area contributed by atoms with E-state index in [1.165, 1.54) is 30.6 Å². The molecule has 0 bridgehead atoms. The summed E-state index contributed by atoms with van der Waals surface area (Å²) in [5.41, 5.74) is 4.81. The monoisotopic (exact) mass is 452 g/mol. The number of aryl methyl sites for hydroxylation is 3. The number of nitrogens with one attached hydrogen (secondary N) is 1. The Hall–Kier alpha value is -3.16. The number of amides is 1. The number of carbonyl (C=O) groups is 1. The number of nitrogens with zero attached hydrogens (tertiary/aromatic N) is 1. The summed E-state index contributed by atoms with van der Waals surface area (Å²) in [5.74, 6) is -0.200. The van der Waals surface area contributed by atoms with E-state index in [0.717, 1.165) is 27.9 Å². The topological polar surface area (TPSA) is 75.7 Å². The number of hydrogen-bond donors (Lipinski definition) is 1. The molecule has 0 aliphatic rings. The van der Waals surface area contributed by atoms with Crippen molar-refractivity contribution in [1.82, 2.24) is 4.31 Å². The summed E-state index contributed by atoms with van der Waals surface area (Å²) >= 11 is 0. The van der Waals surface area contributed by atoms with Crippen LogP contribution in [0.15, 0.2) is 65.6 Å². The van der Waals surface area contributed by atoms with Crippen LogP contribution in [-0.4, -0.2) is 32.8 Å². The highest BCUT2D eigenvalue weighted by Gasteiger charge is 2.26. The van der Waals surface area contributed by atoms with Crippen molar-refractivity contribution in [3.8, 4) is 5.75 Å². The van der Waals surface area contributed by atoms with Gasteiger partial charge in [0.1, 0.15) is 10.6 Å². The molecule has 0 saturated carbocycles. The molecule has 0 aromatic heterocycles. The van der Waals surface area contributed by atoms with Gasteiger partial charge in [-0.25, -0.2) is 8.42 Å². The van der Waals surface area contributed by atoms with Gasteiger partial charge < -0.3 is 10.1 Å². The number of carbonyl (C=O) groups excluding carboxylic acids is 1. The first kappa shape index (κ1) is 23.5. The molecule has 3 rings (SSSR count). The largest absolute Gasteiger partial charge is 0.495 e. The van der Waals surface area contributed by atoms with Gasteiger partial charge in [-0.3, -0.25) is 4.79 Å². The molecule has 1 amide bonds. The van der Waals surface area contributed by atoms with Gasteiger partial charge in [-0.2, -0.15) is 4.31 Å². The quantitative estimate of drug-likeness (QED) is 0.564. The number of anilines is 1. The second kappa shape index (κ2) is 9.54. The van der Waals surface area contributed by atoms with Crippen molar-refractivity contribution in [2.75, 3.05) is 19.5 Å². The normalized spacial score (nSPS) is 11.4. The van der Waals surface area contributed by atoms with Crippen LogP contribution in [0.1, 0.15) is 32.6 Å². The summed E-state index contributed by atoms with van der Waals surface area (Å²) in [6.45, 7) is 6.05. The minimum Gasteiger partial charge on any atom is -0.495 e. The second-order valence-electron chi connectivity index (χ2n) is 7.84. The molecular weight excluding hydrogens is 424 g/mol. The molecule has 32 heavy (non-hydrogen) atoms. The van der Waals surface area contributed by atoms with E-state index in [0.29, 0.717) is 0 Å². The highest BCUT2D eigenvalue weighted by atomic mass is 32.2. The van der Waals surface area contributed by atoms with E-state index in [1.54, 1.807) is 6.07 Å². The maximum absolute atomic E-state index is 13.3. The molecule has 0 unspecified atom stereocenters. The van der Waals surface area contributed by atoms with Gasteiger partial charge in [-0.05, 0) is 55.7 Å². The third kappa shape index (κ3) is 5.00. The van der Waals surface area contributed by atoms with Crippen LogP contribution in [0.2, 0.25) is 0 Å². The van der Waals surface area contributed by atoms with Crippen molar-refractivity contribution in [1.29, 1.82) is 0 Å². The van der Waals surface area contributed by atoms with Gasteiger partial charge >= 0.3 is 0 Å². The third-order valence-electron chi connectivity index (χ3n) is 5.28. The van der Waals surface area contributed by atoms with Gasteiger partial charge in [0.05, 0.1) is 7.11 Å². The Morgan fingerprint density at radius 1 is 0.969 bits per heavy atom. The lowest BCUT2D eigenvalue weighted by Gasteiger charge is -2.20. The van der Waals surface area contributed by atoms with Gasteiger partial charge in [-0.15, -0.1) is 0 Å². The zero-order valence-corrected chi connectivity index (χ0v) is 19.8. The minimum atomic E-state index is -3.90. The lowest BCUT2D eigenvalue weighted by molar-refractivity contribution is 0.102. The predicted octanol–water partition coefficient (Wildman–Crippen LogP) is 4.69. The number of methoxy groups -OCH3 is 1. The van der Waals surface area contributed by atoms with E-state index < -0.39 is 10.0 Å². The smallest absolute Gasteiger partial charge is 0.255 e. The molecule has 3 aromatic carbocycles. The van der Waals surface area contributed by atoms with Crippen LogP contribution in [0.25, 0.3) is 0 Å². The Labute approximate surface area is 189 Å². The first-order chi connectivity index (χ1) is 15.1. The molecule has 0 aliphatic carbocycles. The highest BCUT2D eigenvalue weighted by Crippen LogP contribution is 2.29. The number of rotatable bonds is 7. The molecule has 6 nitrogen and oxygen atoms in total. The molecule has 0 atom stereocenters. The maximum Gasteiger partial charge on any atom is 0.255 e. The summed E-state index contributed by atoms with van der Waals surface area (Å²) in [6.07, 6.45) is 0. The van der Waals surface area contributed by atoms with Crippen LogP contribution in [-0.2, 0) is 16.6 Å². The molecule has 0 saturated heterocycles. The van der Waals surface area contributed by atoms with Gasteiger partial charge in [0, 0.05) is 24.8 Å². The fourth-order valence-electron chi connectivity index (χ4n) is 3.68. The Bertz CT molecular complexity index is 1220. The first-order valence-corrected chi connectivity index (χ1v) is 11.6. The van der Waals surface area contributed by atoms with Crippen molar-refractivity contribution in [2.24, 2.45) is 0 Å². The molecule has 0 spiro atoms. The van der Waals surface area contributed by atoms with Crippen LogP contribution in [0, 0.1) is 20.8 Å². The average molecular weight is 453 g/mol. The highest BCUT2D eigenvalue weighted by molar-refractivity contribution is 7.89. The average Bonchev–Trinajstić information content (AvgIpc) is 2.76. The Balaban J connectivity index is 1.93. The standard InChI is InChI=1S/C25H28N2O4S/c1-17-13-18(2)24(19(3)14-17)26-25(28)21-11-12-22(31-5)23(15-21)32(29,30)27(4)16-20-9-7-6-8-10-20/h6-15H,16H2,1-5H3,(H,26,28). The SMILES string of the molecule is COc1ccc(C(=O)Nc2c(C)cc(C)cc2C)cc1S(=O)(=O)N(C)Cc1ccccc1. The van der Waals surface area contributed by atoms with Crippen LogP contribution < -0.4 is 10.1 Å². The molecule has 0 fully saturated rings. The molecule has 168 valence electrons. The van der Waals surface area contributed by atoms with Crippen molar-refractivity contribution >= 4 is 21.6 Å². The van der Waals surface area contributed by atoms with Gasteiger partial charge in [0.2, 0.25) is 10.0 Å². The van der Waals surface area contributed by atoms with Crippen molar-refractivity contribution in [3.05, 3.63) is 88.5 Å². The van der Waals surface area contributed by atoms with Gasteiger partial charge in [0.15, 0.2) is 0 Å².